The van der Waals surface area contributed by atoms with Gasteiger partial charge in [0, 0.05) is 6.42 Å². The van der Waals surface area contributed by atoms with Crippen molar-refractivity contribution in [3.63, 3.8) is 0 Å². The van der Waals surface area contributed by atoms with Gasteiger partial charge in [-0.2, -0.15) is 5.26 Å². The second-order valence-corrected chi connectivity index (χ2v) is 4.93. The molecule has 1 saturated heterocycles. The Kier molecular flexibility index (Phi) is 3.19. The van der Waals surface area contributed by atoms with Crippen molar-refractivity contribution in [1.82, 2.24) is 10.3 Å². The summed E-state index contributed by atoms with van der Waals surface area (Å²) in [6.07, 6.45) is 3.43. The second kappa shape index (κ2) is 4.60. The van der Waals surface area contributed by atoms with Gasteiger partial charge in [0.2, 0.25) is 0 Å². The molecule has 0 aromatic carbocycles. The van der Waals surface area contributed by atoms with Crippen molar-refractivity contribution < 1.29 is 0 Å². The summed E-state index contributed by atoms with van der Waals surface area (Å²) in [5.74, 6) is 1.04. The SMILES string of the molecule is N#Cc1sc(CC2CCCNC2)nc1N. The minimum Gasteiger partial charge on any atom is -0.382 e. The van der Waals surface area contributed by atoms with Crippen LogP contribution in [0.3, 0.4) is 0 Å². The lowest BCUT2D eigenvalue weighted by Gasteiger charge is -2.21. The van der Waals surface area contributed by atoms with Crippen molar-refractivity contribution in [3.05, 3.63) is 9.88 Å². The Bertz CT molecular complexity index is 373. The van der Waals surface area contributed by atoms with Gasteiger partial charge in [-0.1, -0.05) is 0 Å². The van der Waals surface area contributed by atoms with Gasteiger partial charge < -0.3 is 11.1 Å². The summed E-state index contributed by atoms with van der Waals surface area (Å²) < 4.78 is 0. The Hall–Kier alpha value is -1.12. The molecule has 0 radical (unpaired) electrons. The van der Waals surface area contributed by atoms with Crippen molar-refractivity contribution in [2.45, 2.75) is 19.3 Å². The molecule has 1 atom stereocenters. The minimum atomic E-state index is 0.390. The molecule has 5 heteroatoms. The molecule has 4 nitrogen and oxygen atoms in total. The zero-order chi connectivity index (χ0) is 10.7. The number of nitrogen functional groups attached to an aromatic ring is 1. The van der Waals surface area contributed by atoms with Gasteiger partial charge in [-0.25, -0.2) is 4.98 Å². The highest BCUT2D eigenvalue weighted by atomic mass is 32.1. The molecule has 1 aromatic rings. The summed E-state index contributed by atoms with van der Waals surface area (Å²) in [6, 6.07) is 2.07. The molecule has 3 N–H and O–H groups in total. The van der Waals surface area contributed by atoms with E-state index in [1.54, 1.807) is 0 Å². The van der Waals surface area contributed by atoms with Gasteiger partial charge in [0.15, 0.2) is 5.82 Å². The molecule has 80 valence electrons. The predicted octanol–water partition coefficient (Wildman–Crippen LogP) is 1.14. The number of hydrogen-bond donors (Lipinski definition) is 2. The van der Waals surface area contributed by atoms with Crippen molar-refractivity contribution >= 4 is 17.2 Å². The molecular formula is C10H14N4S. The maximum absolute atomic E-state index is 8.77. The molecule has 2 rings (SSSR count). The van der Waals surface area contributed by atoms with E-state index >= 15 is 0 Å². The largest absolute Gasteiger partial charge is 0.382 e. The van der Waals surface area contributed by atoms with Gasteiger partial charge in [0.1, 0.15) is 10.9 Å². The van der Waals surface area contributed by atoms with E-state index in [-0.39, 0.29) is 0 Å². The Balaban J connectivity index is 2.01. The van der Waals surface area contributed by atoms with Crippen LogP contribution >= 0.6 is 11.3 Å². The molecule has 15 heavy (non-hydrogen) atoms. The number of rotatable bonds is 2. The van der Waals surface area contributed by atoms with E-state index in [0.717, 1.165) is 24.5 Å². The molecule has 0 aliphatic carbocycles. The lowest BCUT2D eigenvalue weighted by Crippen LogP contribution is -2.30. The van der Waals surface area contributed by atoms with Crippen LogP contribution in [0.5, 0.6) is 0 Å². The number of anilines is 1. The smallest absolute Gasteiger partial charge is 0.152 e. The van der Waals surface area contributed by atoms with Crippen molar-refractivity contribution in [3.8, 4) is 6.07 Å². The molecule has 0 saturated carbocycles. The van der Waals surface area contributed by atoms with Crippen LogP contribution < -0.4 is 11.1 Å². The lowest BCUT2D eigenvalue weighted by atomic mass is 9.97. The number of nitrogens with zero attached hydrogens (tertiary/aromatic N) is 2. The van der Waals surface area contributed by atoms with Gasteiger partial charge >= 0.3 is 0 Å². The normalized spacial score (nSPS) is 21.1. The van der Waals surface area contributed by atoms with Crippen molar-refractivity contribution in [2.24, 2.45) is 5.92 Å². The van der Waals surface area contributed by atoms with E-state index in [4.69, 9.17) is 11.0 Å². The van der Waals surface area contributed by atoms with Crippen molar-refractivity contribution in [2.75, 3.05) is 18.8 Å². The first kappa shape index (κ1) is 10.4. The van der Waals surface area contributed by atoms with E-state index in [2.05, 4.69) is 16.4 Å². The van der Waals surface area contributed by atoms with Crippen LogP contribution in [0, 0.1) is 17.2 Å². The van der Waals surface area contributed by atoms with Crippen LogP contribution in [0.25, 0.3) is 0 Å². The minimum absolute atomic E-state index is 0.390. The molecule has 1 aromatic heterocycles. The Morgan fingerprint density at radius 3 is 3.13 bits per heavy atom. The van der Waals surface area contributed by atoms with E-state index in [1.807, 2.05) is 0 Å². The van der Waals surface area contributed by atoms with E-state index in [0.29, 0.717) is 16.6 Å². The Morgan fingerprint density at radius 2 is 2.53 bits per heavy atom. The lowest BCUT2D eigenvalue weighted by molar-refractivity contribution is 0.376. The fraction of sp³-hybridized carbons (Fsp3) is 0.600. The van der Waals surface area contributed by atoms with Gasteiger partial charge in [0.25, 0.3) is 0 Å². The molecule has 0 bridgehead atoms. The third-order valence-electron chi connectivity index (χ3n) is 2.66. The highest BCUT2D eigenvalue weighted by Crippen LogP contribution is 2.24. The summed E-state index contributed by atoms with van der Waals surface area (Å²) in [6.45, 7) is 2.18. The van der Waals surface area contributed by atoms with Gasteiger partial charge in [-0.05, 0) is 31.8 Å². The average molecular weight is 222 g/mol. The molecule has 2 heterocycles. The Morgan fingerprint density at radius 1 is 1.67 bits per heavy atom. The summed E-state index contributed by atoms with van der Waals surface area (Å²) in [7, 11) is 0. The first-order chi connectivity index (χ1) is 7.29. The Labute approximate surface area is 93.1 Å². The first-order valence-electron chi connectivity index (χ1n) is 5.15. The summed E-state index contributed by atoms with van der Waals surface area (Å²) in [5, 5.41) is 13.1. The van der Waals surface area contributed by atoms with Crippen LogP contribution in [-0.4, -0.2) is 18.1 Å². The van der Waals surface area contributed by atoms with Crippen molar-refractivity contribution in [1.29, 1.82) is 5.26 Å². The summed E-state index contributed by atoms with van der Waals surface area (Å²) in [5.41, 5.74) is 5.62. The third-order valence-corrected chi connectivity index (χ3v) is 3.66. The zero-order valence-corrected chi connectivity index (χ0v) is 9.31. The first-order valence-corrected chi connectivity index (χ1v) is 5.97. The topological polar surface area (TPSA) is 74.7 Å². The molecule has 0 spiro atoms. The fourth-order valence-corrected chi connectivity index (χ4v) is 2.79. The maximum atomic E-state index is 8.77. The molecule has 1 fully saturated rings. The third kappa shape index (κ3) is 2.46. The van der Waals surface area contributed by atoms with Crippen LogP contribution in [0.4, 0.5) is 5.82 Å². The fourth-order valence-electron chi connectivity index (χ4n) is 1.89. The van der Waals surface area contributed by atoms with Crippen LogP contribution in [0.2, 0.25) is 0 Å². The number of hydrogen-bond acceptors (Lipinski definition) is 5. The quantitative estimate of drug-likeness (QED) is 0.787. The highest BCUT2D eigenvalue weighted by molar-refractivity contribution is 7.12. The zero-order valence-electron chi connectivity index (χ0n) is 8.49. The number of thiazole rings is 1. The van der Waals surface area contributed by atoms with Gasteiger partial charge in [0.05, 0.1) is 5.01 Å². The van der Waals surface area contributed by atoms with Crippen LogP contribution in [-0.2, 0) is 6.42 Å². The number of piperidine rings is 1. The number of nitrogens with two attached hydrogens (primary N) is 1. The van der Waals surface area contributed by atoms with Gasteiger partial charge in [-0.15, -0.1) is 11.3 Å². The van der Waals surface area contributed by atoms with E-state index in [9.17, 15) is 0 Å². The standard InChI is InChI=1S/C10H14N4S/c11-5-8-10(12)14-9(15-8)4-7-2-1-3-13-6-7/h7,13H,1-4,6,12H2. The van der Waals surface area contributed by atoms with Crippen LogP contribution in [0.15, 0.2) is 0 Å². The predicted molar refractivity (Wildman–Crippen MR) is 60.5 cm³/mol. The second-order valence-electron chi connectivity index (χ2n) is 3.85. The highest BCUT2D eigenvalue weighted by Gasteiger charge is 2.16. The average Bonchev–Trinajstić information content (AvgIpc) is 2.60. The molecule has 1 aliphatic heterocycles. The summed E-state index contributed by atoms with van der Waals surface area (Å²) >= 11 is 1.43. The van der Waals surface area contributed by atoms with E-state index in [1.165, 1.54) is 24.2 Å². The monoisotopic (exact) mass is 222 g/mol. The van der Waals surface area contributed by atoms with Gasteiger partial charge in [-0.3, -0.25) is 0 Å². The molecule has 1 unspecified atom stereocenters. The van der Waals surface area contributed by atoms with E-state index < -0.39 is 0 Å². The molecule has 1 aliphatic rings. The molecule has 0 amide bonds. The summed E-state index contributed by atoms with van der Waals surface area (Å²) in [4.78, 5) is 4.77. The van der Waals surface area contributed by atoms with Crippen LogP contribution in [0.1, 0.15) is 22.7 Å². The molecular weight excluding hydrogens is 208 g/mol. The number of nitrogens with one attached hydrogen (secondary N) is 1. The maximum Gasteiger partial charge on any atom is 0.152 e. The number of nitriles is 1. The number of aromatic nitrogens is 1.